The van der Waals surface area contributed by atoms with E-state index in [1.165, 1.54) is 12.1 Å². The van der Waals surface area contributed by atoms with Gasteiger partial charge in [-0.3, -0.25) is 9.69 Å². The van der Waals surface area contributed by atoms with Gasteiger partial charge in [-0.15, -0.1) is 5.10 Å². The van der Waals surface area contributed by atoms with Crippen LogP contribution in [0.5, 0.6) is 0 Å². The Hall–Kier alpha value is -2.80. The van der Waals surface area contributed by atoms with Crippen molar-refractivity contribution in [3.8, 4) is 0 Å². The Labute approximate surface area is 157 Å². The summed E-state index contributed by atoms with van der Waals surface area (Å²) < 4.78 is 14.7. The Balaban J connectivity index is 1.36. The molecule has 1 aliphatic heterocycles. The molecule has 1 amide bonds. The molecule has 0 aliphatic carbocycles. The molecule has 0 bridgehead atoms. The summed E-state index contributed by atoms with van der Waals surface area (Å²) in [5.41, 5.74) is 2.76. The van der Waals surface area contributed by atoms with Crippen LogP contribution in [0.3, 0.4) is 0 Å². The molecule has 1 aromatic heterocycles. The van der Waals surface area contributed by atoms with E-state index in [1.54, 1.807) is 4.68 Å². The molecule has 0 atom stereocenters. The zero-order valence-electron chi connectivity index (χ0n) is 15.1. The lowest BCUT2D eigenvalue weighted by molar-refractivity contribution is -0.131. The maximum absolute atomic E-state index is 13.1. The summed E-state index contributed by atoms with van der Waals surface area (Å²) in [6.07, 6.45) is 0.922. The summed E-state index contributed by atoms with van der Waals surface area (Å²) in [7, 11) is 0. The Bertz CT molecular complexity index is 924. The lowest BCUT2D eigenvalue weighted by Gasteiger charge is -2.22. The van der Waals surface area contributed by atoms with Crippen LogP contribution in [0, 0.1) is 5.82 Å². The molecule has 3 aromatic rings. The summed E-state index contributed by atoms with van der Waals surface area (Å²) in [6, 6.07) is 14.3. The average Bonchev–Trinajstić information content (AvgIpc) is 2.93. The molecule has 0 saturated carbocycles. The lowest BCUT2D eigenvalue weighted by atomic mass is 10.2. The Kier molecular flexibility index (Phi) is 5.11. The summed E-state index contributed by atoms with van der Waals surface area (Å²) in [5.74, 6) is -0.152. The van der Waals surface area contributed by atoms with Crippen molar-refractivity contribution in [2.24, 2.45) is 0 Å². The first kappa shape index (κ1) is 17.6. The standard InChI is InChI=1S/C20H22FN5O/c21-17-8-6-16(7-9-17)14-24-10-3-11-25(13-12-24)20(27)15-26-19-5-2-1-4-18(19)22-23-26/h1-2,4-9H,3,10-15H2. The fourth-order valence-corrected chi connectivity index (χ4v) is 3.49. The van der Waals surface area contributed by atoms with Gasteiger partial charge in [0.2, 0.25) is 5.91 Å². The second kappa shape index (κ2) is 7.84. The third-order valence-corrected chi connectivity index (χ3v) is 4.97. The molecule has 2 aromatic carbocycles. The molecule has 0 radical (unpaired) electrons. The fourth-order valence-electron chi connectivity index (χ4n) is 3.49. The second-order valence-electron chi connectivity index (χ2n) is 6.87. The molecule has 27 heavy (non-hydrogen) atoms. The van der Waals surface area contributed by atoms with Gasteiger partial charge in [0.25, 0.3) is 0 Å². The molecule has 6 nitrogen and oxygen atoms in total. The van der Waals surface area contributed by atoms with Crippen molar-refractivity contribution in [2.45, 2.75) is 19.5 Å². The highest BCUT2D eigenvalue weighted by Crippen LogP contribution is 2.12. The van der Waals surface area contributed by atoms with E-state index in [0.717, 1.165) is 49.2 Å². The van der Waals surface area contributed by atoms with E-state index >= 15 is 0 Å². The number of rotatable bonds is 4. The van der Waals surface area contributed by atoms with Crippen molar-refractivity contribution in [1.82, 2.24) is 24.8 Å². The largest absolute Gasteiger partial charge is 0.340 e. The minimum atomic E-state index is -0.216. The van der Waals surface area contributed by atoms with Crippen LogP contribution in [-0.2, 0) is 17.9 Å². The van der Waals surface area contributed by atoms with Crippen LogP contribution in [-0.4, -0.2) is 56.9 Å². The Morgan fingerprint density at radius 1 is 1.00 bits per heavy atom. The van der Waals surface area contributed by atoms with Crippen molar-refractivity contribution in [3.63, 3.8) is 0 Å². The first-order valence-electron chi connectivity index (χ1n) is 9.22. The SMILES string of the molecule is O=C(Cn1nnc2ccccc21)N1CCCN(Cc2ccc(F)cc2)CC1. The van der Waals surface area contributed by atoms with Gasteiger partial charge in [0.05, 0.1) is 5.52 Å². The van der Waals surface area contributed by atoms with Gasteiger partial charge >= 0.3 is 0 Å². The maximum Gasteiger partial charge on any atom is 0.244 e. The number of carbonyl (C=O) groups excluding carboxylic acids is 1. The highest BCUT2D eigenvalue weighted by molar-refractivity contribution is 5.79. The van der Waals surface area contributed by atoms with Crippen molar-refractivity contribution in [3.05, 3.63) is 59.9 Å². The van der Waals surface area contributed by atoms with E-state index < -0.39 is 0 Å². The highest BCUT2D eigenvalue weighted by Gasteiger charge is 2.20. The zero-order chi connectivity index (χ0) is 18.6. The molecule has 1 aliphatic rings. The summed E-state index contributed by atoms with van der Waals surface area (Å²) >= 11 is 0. The topological polar surface area (TPSA) is 54.3 Å². The van der Waals surface area contributed by atoms with Gasteiger partial charge in [0.15, 0.2) is 0 Å². The number of carbonyl (C=O) groups is 1. The number of fused-ring (bicyclic) bond motifs is 1. The van der Waals surface area contributed by atoms with Crippen molar-refractivity contribution in [2.75, 3.05) is 26.2 Å². The van der Waals surface area contributed by atoms with Gasteiger partial charge in [0, 0.05) is 32.7 Å². The normalized spacial score (nSPS) is 15.8. The van der Waals surface area contributed by atoms with Gasteiger partial charge < -0.3 is 4.90 Å². The number of aromatic nitrogens is 3. The van der Waals surface area contributed by atoms with Crippen LogP contribution in [0.1, 0.15) is 12.0 Å². The van der Waals surface area contributed by atoms with Crippen molar-refractivity contribution in [1.29, 1.82) is 0 Å². The summed E-state index contributed by atoms with van der Waals surface area (Å²) in [5, 5.41) is 8.22. The number of nitrogens with zero attached hydrogens (tertiary/aromatic N) is 5. The molecule has 0 spiro atoms. The van der Waals surface area contributed by atoms with E-state index in [4.69, 9.17) is 0 Å². The van der Waals surface area contributed by atoms with Gasteiger partial charge in [-0.2, -0.15) is 0 Å². The van der Waals surface area contributed by atoms with Gasteiger partial charge in [-0.05, 0) is 36.2 Å². The number of amides is 1. The van der Waals surface area contributed by atoms with E-state index in [1.807, 2.05) is 41.3 Å². The molecular weight excluding hydrogens is 345 g/mol. The van der Waals surface area contributed by atoms with Crippen molar-refractivity contribution >= 4 is 16.9 Å². The Morgan fingerprint density at radius 2 is 1.81 bits per heavy atom. The monoisotopic (exact) mass is 367 g/mol. The molecule has 0 unspecified atom stereocenters. The third kappa shape index (κ3) is 4.14. The van der Waals surface area contributed by atoms with Gasteiger partial charge in [-0.25, -0.2) is 9.07 Å². The third-order valence-electron chi connectivity index (χ3n) is 4.97. The highest BCUT2D eigenvalue weighted by atomic mass is 19.1. The van der Waals surface area contributed by atoms with Crippen LogP contribution < -0.4 is 0 Å². The van der Waals surface area contributed by atoms with E-state index in [9.17, 15) is 9.18 Å². The number of hydrogen-bond donors (Lipinski definition) is 0. The first-order chi connectivity index (χ1) is 13.2. The number of para-hydroxylation sites is 1. The quantitative estimate of drug-likeness (QED) is 0.710. The Morgan fingerprint density at radius 3 is 2.67 bits per heavy atom. The van der Waals surface area contributed by atoms with E-state index in [2.05, 4.69) is 15.2 Å². The van der Waals surface area contributed by atoms with Crippen molar-refractivity contribution < 1.29 is 9.18 Å². The molecule has 4 rings (SSSR count). The number of halogens is 1. The molecule has 0 N–H and O–H groups in total. The zero-order valence-corrected chi connectivity index (χ0v) is 15.1. The number of benzene rings is 2. The molecular formula is C20H22FN5O. The van der Waals surface area contributed by atoms with E-state index in [-0.39, 0.29) is 18.3 Å². The van der Waals surface area contributed by atoms with Crippen LogP contribution in [0.2, 0.25) is 0 Å². The summed E-state index contributed by atoms with van der Waals surface area (Å²) in [6.45, 7) is 4.14. The molecule has 1 saturated heterocycles. The van der Waals surface area contributed by atoms with Crippen LogP contribution in [0.25, 0.3) is 11.0 Å². The van der Waals surface area contributed by atoms with Gasteiger partial charge in [-0.1, -0.05) is 29.5 Å². The molecule has 140 valence electrons. The molecule has 2 heterocycles. The van der Waals surface area contributed by atoms with Crippen LogP contribution >= 0.6 is 0 Å². The average molecular weight is 367 g/mol. The fraction of sp³-hybridized carbons (Fsp3) is 0.350. The van der Waals surface area contributed by atoms with E-state index in [0.29, 0.717) is 6.54 Å². The van der Waals surface area contributed by atoms with Crippen LogP contribution in [0.15, 0.2) is 48.5 Å². The van der Waals surface area contributed by atoms with Gasteiger partial charge in [0.1, 0.15) is 17.9 Å². The maximum atomic E-state index is 13.1. The molecule has 1 fully saturated rings. The van der Waals surface area contributed by atoms with Crippen LogP contribution in [0.4, 0.5) is 4.39 Å². The minimum Gasteiger partial charge on any atom is -0.340 e. The molecule has 7 heteroatoms. The summed E-state index contributed by atoms with van der Waals surface area (Å²) in [4.78, 5) is 17.0. The first-order valence-corrected chi connectivity index (χ1v) is 9.22. The minimum absolute atomic E-state index is 0.0642. The predicted molar refractivity (Wildman–Crippen MR) is 100 cm³/mol. The smallest absolute Gasteiger partial charge is 0.244 e. The lowest BCUT2D eigenvalue weighted by Crippen LogP contribution is -2.37. The predicted octanol–water partition coefficient (Wildman–Crippen LogP) is 2.30. The number of hydrogen-bond acceptors (Lipinski definition) is 4. The second-order valence-corrected chi connectivity index (χ2v) is 6.87.